The highest BCUT2D eigenvalue weighted by molar-refractivity contribution is 5.81. The molecule has 2 aliphatic carbocycles. The van der Waals surface area contributed by atoms with Gasteiger partial charge in [0.2, 0.25) is 5.91 Å². The number of likely N-dealkylation sites (tertiary alicyclic amines) is 1. The van der Waals surface area contributed by atoms with Gasteiger partial charge in [0.1, 0.15) is 0 Å². The number of pyridine rings is 1. The molecule has 2 saturated carbocycles. The predicted octanol–water partition coefficient (Wildman–Crippen LogP) is 3.08. The summed E-state index contributed by atoms with van der Waals surface area (Å²) in [7, 11) is 1.36. The summed E-state index contributed by atoms with van der Waals surface area (Å²) in [5.74, 6) is 1.85. The first-order valence-electron chi connectivity index (χ1n) is 10.2. The zero-order valence-corrected chi connectivity index (χ0v) is 17.5. The zero-order valence-electron chi connectivity index (χ0n) is 17.5. The lowest BCUT2D eigenvalue weighted by molar-refractivity contribution is -0.140. The van der Waals surface area contributed by atoms with Gasteiger partial charge in [0.05, 0.1) is 7.11 Å². The fourth-order valence-electron chi connectivity index (χ4n) is 5.06. The number of aromatic nitrogens is 1. The Morgan fingerprint density at radius 3 is 2.43 bits per heavy atom. The van der Waals surface area contributed by atoms with Crippen molar-refractivity contribution < 1.29 is 14.3 Å². The Labute approximate surface area is 167 Å². The fraction of sp³-hybridized carbons (Fsp3) is 0.682. The zero-order chi connectivity index (χ0) is 20.3. The average Bonchev–Trinajstić information content (AvgIpc) is 3.11. The van der Waals surface area contributed by atoms with E-state index in [9.17, 15) is 9.59 Å². The van der Waals surface area contributed by atoms with E-state index < -0.39 is 6.09 Å². The highest BCUT2D eigenvalue weighted by Crippen LogP contribution is 2.58. The molecule has 1 aromatic rings. The molecule has 1 aromatic heterocycles. The molecule has 0 bridgehead atoms. The van der Waals surface area contributed by atoms with Crippen LogP contribution in [0.25, 0.3) is 0 Å². The van der Waals surface area contributed by atoms with E-state index in [-0.39, 0.29) is 22.8 Å². The van der Waals surface area contributed by atoms with E-state index in [0.29, 0.717) is 30.6 Å². The summed E-state index contributed by atoms with van der Waals surface area (Å²) in [6.45, 7) is 10.2. The second-order valence-electron chi connectivity index (χ2n) is 10.1. The maximum atomic E-state index is 12.8. The number of hydrogen-bond acceptors (Lipinski definition) is 4. The third kappa shape index (κ3) is 3.38. The molecule has 3 fully saturated rings. The Balaban J connectivity index is 1.31. The molecule has 152 valence electrons. The summed E-state index contributed by atoms with van der Waals surface area (Å²) < 4.78 is 4.67. The van der Waals surface area contributed by atoms with Gasteiger partial charge in [0.25, 0.3) is 0 Å². The minimum atomic E-state index is -0.427. The van der Waals surface area contributed by atoms with Crippen LogP contribution in [-0.4, -0.2) is 47.6 Å². The maximum absolute atomic E-state index is 12.8. The van der Waals surface area contributed by atoms with E-state index in [0.717, 1.165) is 18.8 Å². The lowest BCUT2D eigenvalue weighted by Gasteiger charge is -2.45. The van der Waals surface area contributed by atoms with Crippen molar-refractivity contribution in [3.8, 4) is 0 Å². The van der Waals surface area contributed by atoms with Crippen LogP contribution in [0, 0.1) is 17.8 Å². The Hall–Kier alpha value is -2.11. The Bertz CT molecular complexity index is 782. The van der Waals surface area contributed by atoms with Gasteiger partial charge in [0.15, 0.2) is 0 Å². The normalized spacial score (nSPS) is 33.7. The van der Waals surface area contributed by atoms with Crippen LogP contribution in [0.15, 0.2) is 18.2 Å². The average molecular weight is 386 g/mol. The fourth-order valence-corrected chi connectivity index (χ4v) is 5.06. The van der Waals surface area contributed by atoms with Crippen LogP contribution in [-0.2, 0) is 14.9 Å². The van der Waals surface area contributed by atoms with Crippen molar-refractivity contribution in [2.45, 2.75) is 57.4 Å². The first-order chi connectivity index (χ1) is 13.1. The summed E-state index contributed by atoms with van der Waals surface area (Å²) in [6.07, 6.45) is 0.945. The third-order valence-electron chi connectivity index (χ3n) is 6.72. The second-order valence-corrected chi connectivity index (χ2v) is 10.1. The van der Waals surface area contributed by atoms with Gasteiger partial charge >= 0.3 is 6.09 Å². The van der Waals surface area contributed by atoms with Crippen LogP contribution in [0.5, 0.6) is 0 Å². The SMILES string of the molecule is COC(=O)N[C@]1(C)C[C@H](C(=O)N2C[C@@H]3[C@H](C2)[C@H]3c2cccc(C(C)(C)C)n2)C1. The van der Waals surface area contributed by atoms with E-state index in [1.165, 1.54) is 12.8 Å². The smallest absolute Gasteiger partial charge is 0.407 e. The number of rotatable bonds is 3. The number of methoxy groups -OCH3 is 1. The summed E-state index contributed by atoms with van der Waals surface area (Å²) in [5.41, 5.74) is 2.05. The molecular weight excluding hydrogens is 354 g/mol. The number of piperidine rings is 1. The Kier molecular flexibility index (Phi) is 4.43. The number of hydrogen-bond donors (Lipinski definition) is 1. The van der Waals surface area contributed by atoms with Gasteiger partial charge in [-0.2, -0.15) is 0 Å². The summed E-state index contributed by atoms with van der Waals surface area (Å²) in [6, 6.07) is 6.36. The van der Waals surface area contributed by atoms with E-state index in [1.54, 1.807) is 0 Å². The molecule has 1 aliphatic heterocycles. The molecule has 0 aromatic carbocycles. The van der Waals surface area contributed by atoms with E-state index in [1.807, 2.05) is 11.8 Å². The third-order valence-corrected chi connectivity index (χ3v) is 6.72. The highest BCUT2D eigenvalue weighted by Gasteiger charge is 2.59. The molecule has 28 heavy (non-hydrogen) atoms. The molecule has 4 rings (SSSR count). The van der Waals surface area contributed by atoms with Crippen LogP contribution in [0.4, 0.5) is 4.79 Å². The molecule has 6 heteroatoms. The van der Waals surface area contributed by atoms with E-state index in [4.69, 9.17) is 4.98 Å². The first kappa shape index (κ1) is 19.2. The first-order valence-corrected chi connectivity index (χ1v) is 10.2. The van der Waals surface area contributed by atoms with Gasteiger partial charge in [-0.25, -0.2) is 4.79 Å². The largest absolute Gasteiger partial charge is 0.453 e. The van der Waals surface area contributed by atoms with Crippen molar-refractivity contribution in [2.75, 3.05) is 20.2 Å². The molecule has 1 saturated heterocycles. The molecule has 3 aliphatic rings. The lowest BCUT2D eigenvalue weighted by atomic mass is 9.69. The molecule has 3 atom stereocenters. The molecule has 6 nitrogen and oxygen atoms in total. The van der Waals surface area contributed by atoms with Crippen molar-refractivity contribution in [1.82, 2.24) is 15.2 Å². The standard InChI is InChI=1S/C22H31N3O3/c1-21(2,3)17-8-6-7-16(23-17)18-14-11-25(12-15(14)18)19(26)13-9-22(4,10-13)24-20(27)28-5/h6-8,13-15,18H,9-12H2,1-5H3,(H,24,27)/t13-,14-,15+,18+,22+. The van der Waals surface area contributed by atoms with Gasteiger partial charge in [-0.3, -0.25) is 9.78 Å². The number of amides is 2. The monoisotopic (exact) mass is 385 g/mol. The van der Waals surface area contributed by atoms with Crippen LogP contribution >= 0.6 is 0 Å². The van der Waals surface area contributed by atoms with Gasteiger partial charge in [0, 0.05) is 47.3 Å². The Morgan fingerprint density at radius 1 is 1.21 bits per heavy atom. The number of fused-ring (bicyclic) bond motifs is 1. The van der Waals surface area contributed by atoms with Crippen molar-refractivity contribution in [2.24, 2.45) is 17.8 Å². The van der Waals surface area contributed by atoms with E-state index >= 15 is 0 Å². The van der Waals surface area contributed by atoms with Crippen molar-refractivity contribution in [3.05, 3.63) is 29.6 Å². The summed E-state index contributed by atoms with van der Waals surface area (Å²) in [4.78, 5) is 31.2. The predicted molar refractivity (Wildman–Crippen MR) is 106 cm³/mol. The van der Waals surface area contributed by atoms with Gasteiger partial charge in [-0.15, -0.1) is 0 Å². The molecule has 2 amide bonds. The second kappa shape index (κ2) is 6.46. The van der Waals surface area contributed by atoms with Gasteiger partial charge < -0.3 is 15.0 Å². The van der Waals surface area contributed by atoms with Crippen LogP contribution in [0.1, 0.15) is 57.8 Å². The van der Waals surface area contributed by atoms with Crippen molar-refractivity contribution in [3.63, 3.8) is 0 Å². The number of carbonyl (C=O) groups excluding carboxylic acids is 2. The molecular formula is C22H31N3O3. The minimum absolute atomic E-state index is 0.0143. The van der Waals surface area contributed by atoms with Gasteiger partial charge in [-0.05, 0) is 43.7 Å². The summed E-state index contributed by atoms with van der Waals surface area (Å²) >= 11 is 0. The summed E-state index contributed by atoms with van der Waals surface area (Å²) in [5, 5.41) is 2.84. The highest BCUT2D eigenvalue weighted by atomic mass is 16.5. The molecule has 0 radical (unpaired) electrons. The van der Waals surface area contributed by atoms with Crippen molar-refractivity contribution in [1.29, 1.82) is 0 Å². The maximum Gasteiger partial charge on any atom is 0.407 e. The van der Waals surface area contributed by atoms with Crippen molar-refractivity contribution >= 4 is 12.0 Å². The number of nitrogens with one attached hydrogen (secondary N) is 1. The number of alkyl carbamates (subject to hydrolysis) is 1. The Morgan fingerprint density at radius 2 is 1.86 bits per heavy atom. The van der Waals surface area contributed by atoms with Gasteiger partial charge in [-0.1, -0.05) is 26.8 Å². The topological polar surface area (TPSA) is 71.5 Å². The minimum Gasteiger partial charge on any atom is -0.453 e. The molecule has 2 heterocycles. The molecule has 0 spiro atoms. The van der Waals surface area contributed by atoms with Crippen LogP contribution < -0.4 is 5.32 Å². The van der Waals surface area contributed by atoms with Crippen LogP contribution in [0.2, 0.25) is 0 Å². The number of nitrogens with zero attached hydrogens (tertiary/aromatic N) is 2. The number of ether oxygens (including phenoxy) is 1. The molecule has 1 N–H and O–H groups in total. The molecule has 0 unspecified atom stereocenters. The van der Waals surface area contributed by atoms with Crippen LogP contribution in [0.3, 0.4) is 0 Å². The quantitative estimate of drug-likeness (QED) is 0.868. The lowest BCUT2D eigenvalue weighted by Crippen LogP contribution is -2.58. The number of carbonyl (C=O) groups is 2. The van der Waals surface area contributed by atoms with E-state index in [2.05, 4.69) is 49.0 Å².